The Morgan fingerprint density at radius 2 is 2.35 bits per heavy atom. The van der Waals surface area contributed by atoms with Crippen LogP contribution in [0.5, 0.6) is 0 Å². The molecule has 1 aromatic heterocycles. The van der Waals surface area contributed by atoms with Gasteiger partial charge < -0.3 is 5.32 Å². The molecule has 2 heterocycles. The molecule has 4 heteroatoms. The average Bonchev–Trinajstić information content (AvgIpc) is 2.87. The number of hydrogen-bond acceptors (Lipinski definition) is 2. The molecule has 96 valence electrons. The summed E-state index contributed by atoms with van der Waals surface area (Å²) < 4.78 is 2.08. The van der Waals surface area contributed by atoms with Gasteiger partial charge in [-0.2, -0.15) is 5.10 Å². The zero-order valence-corrected chi connectivity index (χ0v) is 11.7. The molecule has 0 spiro atoms. The molecular weight excluding hydrogens is 234 g/mol. The van der Waals surface area contributed by atoms with E-state index in [4.69, 9.17) is 11.6 Å². The van der Waals surface area contributed by atoms with Crippen LogP contribution in [0, 0.1) is 5.92 Å². The van der Waals surface area contributed by atoms with Crippen molar-refractivity contribution in [3.63, 3.8) is 0 Å². The maximum absolute atomic E-state index is 6.37. The standard InChI is InChI=1S/C13H22ClN3/c1-4-8-17-12(11(14)9-16-17)13(10(2)3)6-5-7-15-13/h9-10,15H,4-8H2,1-3H3. The van der Waals surface area contributed by atoms with Crippen LogP contribution >= 0.6 is 11.6 Å². The SMILES string of the molecule is CCCn1ncc(Cl)c1C1(C(C)C)CCCN1. The van der Waals surface area contributed by atoms with Crippen LogP contribution in [-0.4, -0.2) is 16.3 Å². The fourth-order valence-corrected chi connectivity index (χ4v) is 3.23. The van der Waals surface area contributed by atoms with Gasteiger partial charge in [0, 0.05) is 6.54 Å². The van der Waals surface area contributed by atoms with Crippen LogP contribution in [0.15, 0.2) is 6.20 Å². The first-order valence-electron chi connectivity index (χ1n) is 6.58. The number of halogens is 1. The fraction of sp³-hybridized carbons (Fsp3) is 0.769. The van der Waals surface area contributed by atoms with E-state index in [9.17, 15) is 0 Å². The summed E-state index contributed by atoms with van der Waals surface area (Å²) in [5, 5.41) is 8.90. The van der Waals surface area contributed by atoms with E-state index in [0.29, 0.717) is 5.92 Å². The molecule has 0 saturated carbocycles. The molecule has 1 aliphatic heterocycles. The minimum atomic E-state index is 0.0166. The Morgan fingerprint density at radius 3 is 2.88 bits per heavy atom. The molecule has 1 aliphatic rings. The van der Waals surface area contributed by atoms with Crippen molar-refractivity contribution in [2.24, 2.45) is 5.92 Å². The Kier molecular flexibility index (Phi) is 3.79. The lowest BCUT2D eigenvalue weighted by Gasteiger charge is -2.35. The number of hydrogen-bond donors (Lipinski definition) is 1. The van der Waals surface area contributed by atoms with Gasteiger partial charge in [0.15, 0.2) is 0 Å². The highest BCUT2D eigenvalue weighted by molar-refractivity contribution is 6.31. The van der Waals surface area contributed by atoms with Crippen molar-refractivity contribution in [2.75, 3.05) is 6.54 Å². The van der Waals surface area contributed by atoms with Crippen molar-refractivity contribution in [3.05, 3.63) is 16.9 Å². The molecule has 1 N–H and O–H groups in total. The molecule has 2 rings (SSSR count). The van der Waals surface area contributed by atoms with Crippen molar-refractivity contribution >= 4 is 11.6 Å². The minimum absolute atomic E-state index is 0.0166. The first-order chi connectivity index (χ1) is 8.12. The molecule has 1 aromatic rings. The molecule has 0 bridgehead atoms. The molecule has 0 amide bonds. The highest BCUT2D eigenvalue weighted by Crippen LogP contribution is 2.40. The third kappa shape index (κ3) is 2.11. The predicted octanol–water partition coefficient (Wildman–Crippen LogP) is 3.18. The predicted molar refractivity (Wildman–Crippen MR) is 71.3 cm³/mol. The van der Waals surface area contributed by atoms with Crippen molar-refractivity contribution in [2.45, 2.75) is 52.1 Å². The quantitative estimate of drug-likeness (QED) is 0.896. The molecule has 3 nitrogen and oxygen atoms in total. The first-order valence-corrected chi connectivity index (χ1v) is 6.96. The van der Waals surface area contributed by atoms with Gasteiger partial charge in [-0.05, 0) is 31.7 Å². The summed E-state index contributed by atoms with van der Waals surface area (Å²) in [6.45, 7) is 8.71. The van der Waals surface area contributed by atoms with Crippen molar-refractivity contribution in [1.82, 2.24) is 15.1 Å². The summed E-state index contributed by atoms with van der Waals surface area (Å²) in [5.41, 5.74) is 1.21. The van der Waals surface area contributed by atoms with Crippen molar-refractivity contribution in [3.8, 4) is 0 Å². The summed E-state index contributed by atoms with van der Waals surface area (Å²) in [6, 6.07) is 0. The van der Waals surface area contributed by atoms with E-state index in [1.165, 1.54) is 12.1 Å². The largest absolute Gasteiger partial charge is 0.306 e. The molecule has 1 fully saturated rings. The summed E-state index contributed by atoms with van der Waals surface area (Å²) in [4.78, 5) is 0. The topological polar surface area (TPSA) is 29.9 Å². The third-order valence-electron chi connectivity index (χ3n) is 3.83. The number of nitrogens with one attached hydrogen (secondary N) is 1. The van der Waals surface area contributed by atoms with Crippen LogP contribution in [0.25, 0.3) is 0 Å². The highest BCUT2D eigenvalue weighted by atomic mass is 35.5. The number of rotatable bonds is 4. The van der Waals surface area contributed by atoms with Gasteiger partial charge in [-0.15, -0.1) is 0 Å². The van der Waals surface area contributed by atoms with Crippen LogP contribution in [0.2, 0.25) is 5.02 Å². The smallest absolute Gasteiger partial charge is 0.0837 e. The second kappa shape index (κ2) is 4.99. The molecule has 0 aliphatic carbocycles. The third-order valence-corrected chi connectivity index (χ3v) is 4.10. The second-order valence-corrected chi connectivity index (χ2v) is 5.63. The van der Waals surface area contributed by atoms with Crippen LogP contribution in [0.4, 0.5) is 0 Å². The van der Waals surface area contributed by atoms with Gasteiger partial charge in [0.2, 0.25) is 0 Å². The molecule has 0 aromatic carbocycles. The summed E-state index contributed by atoms with van der Waals surface area (Å²) in [6.07, 6.45) is 5.24. The van der Waals surface area contributed by atoms with Crippen LogP contribution in [-0.2, 0) is 12.1 Å². The second-order valence-electron chi connectivity index (χ2n) is 5.22. The zero-order valence-electron chi connectivity index (χ0n) is 11.0. The number of nitrogens with zero attached hydrogens (tertiary/aromatic N) is 2. The molecular formula is C13H22ClN3. The van der Waals surface area contributed by atoms with E-state index >= 15 is 0 Å². The lowest BCUT2D eigenvalue weighted by atomic mass is 9.82. The maximum atomic E-state index is 6.37. The normalized spacial score (nSPS) is 24.8. The van der Waals surface area contributed by atoms with E-state index in [-0.39, 0.29) is 5.54 Å². The van der Waals surface area contributed by atoms with E-state index in [0.717, 1.165) is 31.0 Å². The van der Waals surface area contributed by atoms with Gasteiger partial charge >= 0.3 is 0 Å². The van der Waals surface area contributed by atoms with E-state index in [2.05, 4.69) is 35.9 Å². The molecule has 1 atom stereocenters. The zero-order chi connectivity index (χ0) is 12.5. The van der Waals surface area contributed by atoms with Crippen LogP contribution in [0.1, 0.15) is 45.7 Å². The Morgan fingerprint density at radius 1 is 1.59 bits per heavy atom. The van der Waals surface area contributed by atoms with Crippen molar-refractivity contribution < 1.29 is 0 Å². The highest BCUT2D eigenvalue weighted by Gasteiger charge is 2.42. The van der Waals surface area contributed by atoms with Gasteiger partial charge in [0.25, 0.3) is 0 Å². The van der Waals surface area contributed by atoms with Crippen LogP contribution < -0.4 is 5.32 Å². The Balaban J connectivity index is 2.45. The number of aryl methyl sites for hydroxylation is 1. The van der Waals surface area contributed by atoms with E-state index in [1.807, 2.05) is 0 Å². The average molecular weight is 256 g/mol. The Hall–Kier alpha value is -0.540. The Labute approximate surface area is 109 Å². The van der Waals surface area contributed by atoms with Crippen molar-refractivity contribution in [1.29, 1.82) is 0 Å². The first kappa shape index (κ1) is 12.9. The maximum Gasteiger partial charge on any atom is 0.0837 e. The van der Waals surface area contributed by atoms with Gasteiger partial charge in [0.05, 0.1) is 22.5 Å². The number of aromatic nitrogens is 2. The lowest BCUT2D eigenvalue weighted by Crippen LogP contribution is -2.43. The van der Waals surface area contributed by atoms with Gasteiger partial charge in [-0.1, -0.05) is 32.4 Å². The molecule has 1 unspecified atom stereocenters. The fourth-order valence-electron chi connectivity index (χ4n) is 2.92. The monoisotopic (exact) mass is 255 g/mol. The van der Waals surface area contributed by atoms with Gasteiger partial charge in [-0.25, -0.2) is 0 Å². The molecule has 1 saturated heterocycles. The molecule has 17 heavy (non-hydrogen) atoms. The van der Waals surface area contributed by atoms with Gasteiger partial charge in [-0.3, -0.25) is 4.68 Å². The molecule has 0 radical (unpaired) electrons. The van der Waals surface area contributed by atoms with Gasteiger partial charge in [0.1, 0.15) is 0 Å². The summed E-state index contributed by atoms with van der Waals surface area (Å²) in [5.74, 6) is 0.523. The minimum Gasteiger partial charge on any atom is -0.306 e. The van der Waals surface area contributed by atoms with E-state index < -0.39 is 0 Å². The summed E-state index contributed by atoms with van der Waals surface area (Å²) >= 11 is 6.37. The lowest BCUT2D eigenvalue weighted by molar-refractivity contribution is 0.255. The van der Waals surface area contributed by atoms with Crippen LogP contribution in [0.3, 0.4) is 0 Å². The Bertz CT molecular complexity index is 378. The van der Waals surface area contributed by atoms with E-state index in [1.54, 1.807) is 6.20 Å². The summed E-state index contributed by atoms with van der Waals surface area (Å²) in [7, 11) is 0.